The molecule has 0 aromatic heterocycles. The zero-order chi connectivity index (χ0) is 21.5. The molecule has 1 aromatic carbocycles. The third kappa shape index (κ3) is 3.74. The smallest absolute Gasteiger partial charge is 0.243 e. The van der Waals surface area contributed by atoms with Gasteiger partial charge in [0, 0.05) is 24.8 Å². The van der Waals surface area contributed by atoms with Gasteiger partial charge in [0.2, 0.25) is 21.8 Å². The minimum absolute atomic E-state index is 0.0542. The van der Waals surface area contributed by atoms with E-state index in [1.165, 1.54) is 15.3 Å². The van der Waals surface area contributed by atoms with Gasteiger partial charge in [-0.3, -0.25) is 9.59 Å². The molecule has 1 aliphatic carbocycles. The standard InChI is InChI=1S/C21H29N3O5S/c1-21(2)17-13-16(30(27,28)23-9-11-29-12-10-23)7-8-18(17)24(20(21)26)14-19(25)22-15-5-3-4-6-15/h7-8,13,15H,3-6,9-12,14H2,1-2H3,(H,22,25). The maximum absolute atomic E-state index is 13.1. The molecule has 4 rings (SSSR count). The molecular weight excluding hydrogens is 406 g/mol. The number of sulfonamides is 1. The molecular formula is C21H29N3O5S. The largest absolute Gasteiger partial charge is 0.379 e. The Morgan fingerprint density at radius 2 is 1.87 bits per heavy atom. The number of rotatable bonds is 5. The molecule has 164 valence electrons. The van der Waals surface area contributed by atoms with Gasteiger partial charge in [-0.2, -0.15) is 4.31 Å². The van der Waals surface area contributed by atoms with Crippen LogP contribution in [0.4, 0.5) is 5.69 Å². The first-order valence-electron chi connectivity index (χ1n) is 10.5. The third-order valence-electron chi connectivity index (χ3n) is 6.34. The van der Waals surface area contributed by atoms with Crippen LogP contribution in [0.1, 0.15) is 45.1 Å². The lowest BCUT2D eigenvalue weighted by molar-refractivity contribution is -0.125. The molecule has 1 N–H and O–H groups in total. The van der Waals surface area contributed by atoms with E-state index < -0.39 is 15.4 Å². The Morgan fingerprint density at radius 3 is 2.53 bits per heavy atom. The zero-order valence-electron chi connectivity index (χ0n) is 17.5. The monoisotopic (exact) mass is 435 g/mol. The molecule has 1 aromatic rings. The van der Waals surface area contributed by atoms with Crippen LogP contribution in [-0.2, 0) is 29.8 Å². The van der Waals surface area contributed by atoms with Gasteiger partial charge >= 0.3 is 0 Å². The van der Waals surface area contributed by atoms with E-state index in [1.807, 2.05) is 0 Å². The molecule has 1 saturated carbocycles. The summed E-state index contributed by atoms with van der Waals surface area (Å²) in [4.78, 5) is 27.3. The van der Waals surface area contributed by atoms with E-state index in [1.54, 1.807) is 26.0 Å². The van der Waals surface area contributed by atoms with Gasteiger partial charge in [0.15, 0.2) is 0 Å². The van der Waals surface area contributed by atoms with Gasteiger partial charge in [-0.1, -0.05) is 12.8 Å². The van der Waals surface area contributed by atoms with Crippen molar-refractivity contribution in [1.29, 1.82) is 0 Å². The van der Waals surface area contributed by atoms with E-state index in [9.17, 15) is 18.0 Å². The Morgan fingerprint density at radius 1 is 1.20 bits per heavy atom. The summed E-state index contributed by atoms with van der Waals surface area (Å²) < 4.78 is 32.7. The van der Waals surface area contributed by atoms with Crippen LogP contribution in [0.15, 0.2) is 23.1 Å². The molecule has 0 bridgehead atoms. The summed E-state index contributed by atoms with van der Waals surface area (Å²) in [7, 11) is -3.66. The van der Waals surface area contributed by atoms with Gasteiger partial charge in [0.1, 0.15) is 6.54 Å². The van der Waals surface area contributed by atoms with Crippen molar-refractivity contribution >= 4 is 27.5 Å². The number of benzene rings is 1. The average Bonchev–Trinajstić information content (AvgIpc) is 3.30. The maximum Gasteiger partial charge on any atom is 0.243 e. The zero-order valence-corrected chi connectivity index (χ0v) is 18.3. The molecule has 0 spiro atoms. The Kier molecular flexibility index (Phi) is 5.63. The van der Waals surface area contributed by atoms with Crippen LogP contribution in [0.25, 0.3) is 0 Å². The number of hydrogen-bond acceptors (Lipinski definition) is 5. The van der Waals surface area contributed by atoms with Crippen LogP contribution >= 0.6 is 0 Å². The second-order valence-corrected chi connectivity index (χ2v) is 10.7. The van der Waals surface area contributed by atoms with E-state index >= 15 is 0 Å². The lowest BCUT2D eigenvalue weighted by Crippen LogP contribution is -2.44. The summed E-state index contributed by atoms with van der Waals surface area (Å²) in [5.41, 5.74) is 0.336. The van der Waals surface area contributed by atoms with Crippen molar-refractivity contribution in [3.05, 3.63) is 23.8 Å². The molecule has 2 aliphatic heterocycles. The molecule has 3 aliphatic rings. The Hall–Kier alpha value is -1.97. The molecule has 1 saturated heterocycles. The molecule has 2 heterocycles. The van der Waals surface area contributed by atoms with Crippen molar-refractivity contribution < 1.29 is 22.7 Å². The van der Waals surface area contributed by atoms with Crippen LogP contribution in [-0.4, -0.2) is 63.4 Å². The number of hydrogen-bond donors (Lipinski definition) is 1. The summed E-state index contributed by atoms with van der Waals surface area (Å²) >= 11 is 0. The highest BCUT2D eigenvalue weighted by Gasteiger charge is 2.45. The van der Waals surface area contributed by atoms with E-state index in [0.717, 1.165) is 25.7 Å². The van der Waals surface area contributed by atoms with E-state index in [-0.39, 0.29) is 29.3 Å². The van der Waals surface area contributed by atoms with Crippen LogP contribution < -0.4 is 10.2 Å². The van der Waals surface area contributed by atoms with Crippen molar-refractivity contribution in [3.8, 4) is 0 Å². The van der Waals surface area contributed by atoms with E-state index in [2.05, 4.69) is 5.32 Å². The highest BCUT2D eigenvalue weighted by Crippen LogP contribution is 2.42. The molecule has 30 heavy (non-hydrogen) atoms. The van der Waals surface area contributed by atoms with Crippen molar-refractivity contribution in [1.82, 2.24) is 9.62 Å². The molecule has 2 amide bonds. The molecule has 8 nitrogen and oxygen atoms in total. The number of ether oxygens (including phenoxy) is 1. The summed E-state index contributed by atoms with van der Waals surface area (Å²) in [6.45, 7) is 4.87. The van der Waals surface area contributed by atoms with Crippen molar-refractivity contribution in [3.63, 3.8) is 0 Å². The SMILES string of the molecule is CC1(C)C(=O)N(CC(=O)NC2CCCC2)c2ccc(S(=O)(=O)N3CCOCC3)cc21. The summed E-state index contributed by atoms with van der Waals surface area (Å²) in [5, 5.41) is 3.02. The molecule has 2 fully saturated rings. The van der Waals surface area contributed by atoms with Crippen LogP contribution in [0.5, 0.6) is 0 Å². The lowest BCUT2D eigenvalue weighted by Gasteiger charge is -2.26. The number of carbonyl (C=O) groups excluding carboxylic acids is 2. The number of morpholine rings is 1. The highest BCUT2D eigenvalue weighted by molar-refractivity contribution is 7.89. The predicted molar refractivity (Wildman–Crippen MR) is 112 cm³/mol. The fourth-order valence-electron chi connectivity index (χ4n) is 4.55. The topological polar surface area (TPSA) is 96.0 Å². The molecule has 0 unspecified atom stereocenters. The number of fused-ring (bicyclic) bond motifs is 1. The second kappa shape index (κ2) is 7.94. The van der Waals surface area contributed by atoms with E-state index in [0.29, 0.717) is 37.6 Å². The first-order valence-corrected chi connectivity index (χ1v) is 12.0. The number of nitrogens with zero attached hydrogens (tertiary/aromatic N) is 2. The van der Waals surface area contributed by atoms with Gasteiger partial charge < -0.3 is 15.0 Å². The quantitative estimate of drug-likeness (QED) is 0.754. The molecule has 9 heteroatoms. The van der Waals surface area contributed by atoms with Gasteiger partial charge in [-0.05, 0) is 50.5 Å². The average molecular weight is 436 g/mol. The molecule has 0 atom stereocenters. The first-order chi connectivity index (χ1) is 14.2. The fourth-order valence-corrected chi connectivity index (χ4v) is 5.99. The summed E-state index contributed by atoms with van der Waals surface area (Å²) in [6, 6.07) is 4.95. The Bertz CT molecular complexity index is 947. The maximum atomic E-state index is 13.1. The minimum Gasteiger partial charge on any atom is -0.379 e. The van der Waals surface area contributed by atoms with Gasteiger partial charge in [-0.15, -0.1) is 0 Å². The number of amides is 2. The van der Waals surface area contributed by atoms with Gasteiger partial charge in [-0.25, -0.2) is 8.42 Å². The molecule has 0 radical (unpaired) electrons. The number of nitrogens with one attached hydrogen (secondary N) is 1. The van der Waals surface area contributed by atoms with Crippen LogP contribution in [0.3, 0.4) is 0 Å². The minimum atomic E-state index is -3.66. The van der Waals surface area contributed by atoms with Gasteiger partial charge in [0.05, 0.1) is 23.5 Å². The predicted octanol–water partition coefficient (Wildman–Crippen LogP) is 1.39. The van der Waals surface area contributed by atoms with Crippen LogP contribution in [0.2, 0.25) is 0 Å². The van der Waals surface area contributed by atoms with Crippen LogP contribution in [0, 0.1) is 0 Å². The number of anilines is 1. The second-order valence-electron chi connectivity index (χ2n) is 8.76. The normalized spacial score (nSPS) is 22.3. The first kappa shape index (κ1) is 21.3. The third-order valence-corrected chi connectivity index (χ3v) is 8.24. The number of carbonyl (C=O) groups is 2. The summed E-state index contributed by atoms with van der Waals surface area (Å²) in [5.74, 6) is -0.371. The lowest BCUT2D eigenvalue weighted by atomic mass is 9.86. The van der Waals surface area contributed by atoms with Crippen molar-refractivity contribution in [2.45, 2.75) is 55.9 Å². The highest BCUT2D eigenvalue weighted by atomic mass is 32.2. The van der Waals surface area contributed by atoms with Crippen molar-refractivity contribution in [2.24, 2.45) is 0 Å². The van der Waals surface area contributed by atoms with Gasteiger partial charge in [0.25, 0.3) is 0 Å². The summed E-state index contributed by atoms with van der Waals surface area (Å²) in [6.07, 6.45) is 4.18. The Balaban J connectivity index is 1.59. The fraction of sp³-hybridized carbons (Fsp3) is 0.619. The van der Waals surface area contributed by atoms with Crippen molar-refractivity contribution in [2.75, 3.05) is 37.7 Å². The van der Waals surface area contributed by atoms with E-state index in [4.69, 9.17) is 4.74 Å². The Labute approximate surface area is 177 Å².